The summed E-state index contributed by atoms with van der Waals surface area (Å²) in [7, 11) is 1.52. The highest BCUT2D eigenvalue weighted by molar-refractivity contribution is 7.07. The molecular weight excluding hydrogens is 522 g/mol. The third-order valence-electron chi connectivity index (χ3n) is 6.08. The molecule has 0 saturated heterocycles. The molecule has 0 spiro atoms. The molecule has 0 radical (unpaired) electrons. The van der Waals surface area contributed by atoms with Crippen molar-refractivity contribution in [3.63, 3.8) is 0 Å². The molecule has 1 atom stereocenters. The van der Waals surface area contributed by atoms with E-state index in [-0.39, 0.29) is 24.5 Å². The van der Waals surface area contributed by atoms with E-state index < -0.39 is 22.5 Å². The number of hydrogen-bond acceptors (Lipinski definition) is 9. The topological polar surface area (TPSA) is 122 Å². The van der Waals surface area contributed by atoms with Crippen LogP contribution >= 0.6 is 11.3 Å². The van der Waals surface area contributed by atoms with Gasteiger partial charge in [0.15, 0.2) is 4.80 Å². The summed E-state index contributed by atoms with van der Waals surface area (Å²) in [6.07, 6.45) is 6.98. The van der Waals surface area contributed by atoms with Gasteiger partial charge in [0.1, 0.15) is 18.1 Å². The van der Waals surface area contributed by atoms with Crippen molar-refractivity contribution < 1.29 is 23.9 Å². The van der Waals surface area contributed by atoms with Crippen molar-refractivity contribution in [3.05, 3.63) is 94.2 Å². The van der Waals surface area contributed by atoms with Crippen LogP contribution in [0.4, 0.5) is 5.69 Å². The van der Waals surface area contributed by atoms with Crippen LogP contribution in [-0.4, -0.2) is 35.8 Å². The van der Waals surface area contributed by atoms with Gasteiger partial charge in [0.05, 0.1) is 40.5 Å². The summed E-state index contributed by atoms with van der Waals surface area (Å²) in [5.41, 5.74) is 1.32. The Balaban J connectivity index is 1.99. The fourth-order valence-electron chi connectivity index (χ4n) is 4.26. The van der Waals surface area contributed by atoms with E-state index in [2.05, 4.69) is 10.9 Å². The lowest BCUT2D eigenvalue weighted by atomic mass is 9.94. The summed E-state index contributed by atoms with van der Waals surface area (Å²) < 4.78 is 17.9. The van der Waals surface area contributed by atoms with E-state index in [9.17, 15) is 19.7 Å². The van der Waals surface area contributed by atoms with Gasteiger partial charge in [-0.25, -0.2) is 9.79 Å². The van der Waals surface area contributed by atoms with Crippen molar-refractivity contribution in [3.8, 4) is 23.8 Å². The predicted molar refractivity (Wildman–Crippen MR) is 146 cm³/mol. The number of carbonyl (C=O) groups is 1. The van der Waals surface area contributed by atoms with Gasteiger partial charge in [0, 0.05) is 17.2 Å². The Hall–Kier alpha value is -4.69. The molecular formula is C28H25N3O7S. The number of carbonyl (C=O) groups excluding carboxylic acids is 1. The number of hydrogen-bond donors (Lipinski definition) is 0. The van der Waals surface area contributed by atoms with Gasteiger partial charge < -0.3 is 14.2 Å². The van der Waals surface area contributed by atoms with Gasteiger partial charge in [-0.1, -0.05) is 29.4 Å². The van der Waals surface area contributed by atoms with Gasteiger partial charge in [0.25, 0.3) is 11.2 Å². The molecule has 0 N–H and O–H groups in total. The number of benzene rings is 2. The minimum atomic E-state index is -0.982. The lowest BCUT2D eigenvalue weighted by molar-refractivity contribution is -0.385. The van der Waals surface area contributed by atoms with Gasteiger partial charge in [0.2, 0.25) is 0 Å². The van der Waals surface area contributed by atoms with Crippen LogP contribution in [0.25, 0.3) is 6.08 Å². The number of rotatable bonds is 8. The molecule has 0 saturated carbocycles. The van der Waals surface area contributed by atoms with Crippen LogP contribution in [0.1, 0.15) is 36.6 Å². The van der Waals surface area contributed by atoms with Crippen LogP contribution in [0.5, 0.6) is 11.5 Å². The predicted octanol–water partition coefficient (Wildman–Crippen LogP) is 3.04. The molecule has 3 aromatic rings. The third kappa shape index (κ3) is 5.32. The summed E-state index contributed by atoms with van der Waals surface area (Å²) >= 11 is 1.12. The highest BCUT2D eigenvalue weighted by Gasteiger charge is 2.34. The summed E-state index contributed by atoms with van der Waals surface area (Å²) in [5.74, 6) is 2.76. The number of aryl methyl sites for hydroxylation is 1. The number of nitro benzene ring substituents is 1. The first-order chi connectivity index (χ1) is 18.7. The summed E-state index contributed by atoms with van der Waals surface area (Å²) in [5, 5.41) is 11.7. The van der Waals surface area contributed by atoms with Crippen LogP contribution < -0.4 is 24.4 Å². The Morgan fingerprint density at radius 3 is 2.72 bits per heavy atom. The quantitative estimate of drug-likeness (QED) is 0.184. The molecule has 0 bridgehead atoms. The zero-order chi connectivity index (χ0) is 28.3. The van der Waals surface area contributed by atoms with E-state index in [1.807, 2.05) is 0 Å². The average Bonchev–Trinajstić information content (AvgIpc) is 3.21. The number of nitrogens with zero attached hydrogens (tertiary/aromatic N) is 3. The maximum atomic E-state index is 13.9. The standard InChI is InChI=1S/C28H25N3O7S/c1-6-12-38-22-11-10-20(36-5)13-19(22)15-23-26(32)30-25(18-9-8-16(3)21(14-18)31(34)35)24(27(33)37-7-2)17(4)29-28(30)39-23/h1,8-11,13-15,25H,7,12H2,2-5H3/b23-15+/t25-/m1/s1. The first-order valence-electron chi connectivity index (χ1n) is 11.9. The SMILES string of the molecule is C#CCOc1ccc(OC)cc1/C=c1/sc2n(c1=O)[C@H](c1ccc(C)c([N+](=O)[O-])c1)C(C(=O)OCC)=C(C)N=2. The molecule has 0 unspecified atom stereocenters. The fourth-order valence-corrected chi connectivity index (χ4v) is 5.30. The second kappa shape index (κ2) is 11.4. The number of terminal acetylenes is 1. The Labute approximate surface area is 227 Å². The summed E-state index contributed by atoms with van der Waals surface area (Å²) in [4.78, 5) is 43.0. The first-order valence-corrected chi connectivity index (χ1v) is 12.7. The molecule has 0 fully saturated rings. The fraction of sp³-hybridized carbons (Fsp3) is 0.250. The molecule has 2 aromatic carbocycles. The Morgan fingerprint density at radius 1 is 1.28 bits per heavy atom. The molecule has 0 amide bonds. The minimum absolute atomic E-state index is 0.0305. The summed E-state index contributed by atoms with van der Waals surface area (Å²) in [6.45, 7) is 5.07. The first kappa shape index (κ1) is 27.3. The maximum absolute atomic E-state index is 13.9. The average molecular weight is 548 g/mol. The maximum Gasteiger partial charge on any atom is 0.338 e. The molecule has 0 aliphatic carbocycles. The molecule has 1 aromatic heterocycles. The molecule has 4 rings (SSSR count). The number of methoxy groups -OCH3 is 1. The van der Waals surface area contributed by atoms with E-state index in [0.29, 0.717) is 43.2 Å². The smallest absolute Gasteiger partial charge is 0.338 e. The van der Waals surface area contributed by atoms with E-state index >= 15 is 0 Å². The number of nitro groups is 1. The van der Waals surface area contributed by atoms with Crippen LogP contribution in [-0.2, 0) is 9.53 Å². The minimum Gasteiger partial charge on any atom is -0.497 e. The second-order valence-corrected chi connectivity index (χ2v) is 9.51. The number of aromatic nitrogens is 1. The molecule has 200 valence electrons. The van der Waals surface area contributed by atoms with E-state index in [0.717, 1.165) is 11.3 Å². The van der Waals surface area contributed by atoms with Crippen molar-refractivity contribution in [2.45, 2.75) is 26.8 Å². The number of esters is 1. The lowest BCUT2D eigenvalue weighted by Gasteiger charge is -2.24. The Morgan fingerprint density at radius 2 is 2.05 bits per heavy atom. The van der Waals surface area contributed by atoms with Gasteiger partial charge in [-0.2, -0.15) is 0 Å². The Bertz CT molecular complexity index is 1730. The monoisotopic (exact) mass is 547 g/mol. The van der Waals surface area contributed by atoms with Crippen LogP contribution in [0.15, 0.2) is 57.5 Å². The van der Waals surface area contributed by atoms with Gasteiger partial charge in [-0.15, -0.1) is 6.42 Å². The normalized spacial score (nSPS) is 14.7. The van der Waals surface area contributed by atoms with Gasteiger partial charge >= 0.3 is 5.97 Å². The van der Waals surface area contributed by atoms with Gasteiger partial charge in [-0.3, -0.25) is 19.5 Å². The van der Waals surface area contributed by atoms with Crippen LogP contribution in [0, 0.1) is 29.4 Å². The molecule has 1 aliphatic heterocycles. The van der Waals surface area contributed by atoms with Crippen molar-refractivity contribution in [2.24, 2.45) is 4.99 Å². The molecule has 1 aliphatic rings. The molecule has 2 heterocycles. The van der Waals surface area contributed by atoms with E-state index in [1.54, 1.807) is 57.2 Å². The summed E-state index contributed by atoms with van der Waals surface area (Å²) in [6, 6.07) is 8.76. The largest absolute Gasteiger partial charge is 0.497 e. The van der Waals surface area contributed by atoms with E-state index in [1.165, 1.54) is 17.7 Å². The molecule has 11 heteroatoms. The highest BCUT2D eigenvalue weighted by Crippen LogP contribution is 2.33. The van der Waals surface area contributed by atoms with Crippen molar-refractivity contribution >= 4 is 29.1 Å². The molecule has 39 heavy (non-hydrogen) atoms. The van der Waals surface area contributed by atoms with Crippen molar-refractivity contribution in [1.82, 2.24) is 4.57 Å². The third-order valence-corrected chi connectivity index (χ3v) is 7.06. The molecule has 10 nitrogen and oxygen atoms in total. The van der Waals surface area contributed by atoms with E-state index in [4.69, 9.17) is 20.6 Å². The number of thiazole rings is 1. The van der Waals surface area contributed by atoms with Crippen LogP contribution in [0.3, 0.4) is 0 Å². The van der Waals surface area contributed by atoms with Crippen LogP contribution in [0.2, 0.25) is 0 Å². The highest BCUT2D eigenvalue weighted by atomic mass is 32.1. The van der Waals surface area contributed by atoms with Crippen molar-refractivity contribution in [1.29, 1.82) is 0 Å². The zero-order valence-corrected chi connectivity index (χ0v) is 22.5. The Kier molecular flexibility index (Phi) is 7.97. The van der Waals surface area contributed by atoms with Gasteiger partial charge in [-0.05, 0) is 50.6 Å². The number of allylic oxidation sites excluding steroid dienone is 1. The number of fused-ring (bicyclic) bond motifs is 1. The zero-order valence-electron chi connectivity index (χ0n) is 21.7. The lowest BCUT2D eigenvalue weighted by Crippen LogP contribution is -2.40. The second-order valence-electron chi connectivity index (χ2n) is 8.50. The van der Waals surface area contributed by atoms with Crippen molar-refractivity contribution in [2.75, 3.05) is 20.3 Å². The number of ether oxygens (including phenoxy) is 3.